The Morgan fingerprint density at radius 1 is 1.19 bits per heavy atom. The molecule has 1 aromatic carbocycles. The second kappa shape index (κ2) is 7.59. The summed E-state index contributed by atoms with van der Waals surface area (Å²) < 4.78 is 4.97. The van der Waals surface area contributed by atoms with E-state index in [-0.39, 0.29) is 24.9 Å². The Balaban J connectivity index is 1.71. The van der Waals surface area contributed by atoms with Gasteiger partial charge in [0, 0.05) is 10.6 Å². The Labute approximate surface area is 127 Å². The molecule has 0 saturated carbocycles. The standard InChI is InChI=1S/C16H17NO3S/c1-12-5-2-3-7-14(12)17-15(18)11-20-16(19)9-8-13-6-4-10-21-13/h2-7,10H,8-9,11H2,1H3,(H,17,18). The summed E-state index contributed by atoms with van der Waals surface area (Å²) in [6.07, 6.45) is 0.939. The minimum absolute atomic E-state index is 0.252. The smallest absolute Gasteiger partial charge is 0.306 e. The van der Waals surface area contributed by atoms with Crippen LogP contribution < -0.4 is 5.32 Å². The van der Waals surface area contributed by atoms with Gasteiger partial charge < -0.3 is 10.1 Å². The van der Waals surface area contributed by atoms with Crippen molar-refractivity contribution in [3.8, 4) is 0 Å². The SMILES string of the molecule is Cc1ccccc1NC(=O)COC(=O)CCc1cccs1. The van der Waals surface area contributed by atoms with Crippen molar-refractivity contribution in [3.63, 3.8) is 0 Å². The number of para-hydroxylation sites is 1. The van der Waals surface area contributed by atoms with Crippen LogP contribution in [-0.2, 0) is 20.7 Å². The molecule has 1 amide bonds. The van der Waals surface area contributed by atoms with E-state index in [0.29, 0.717) is 6.42 Å². The van der Waals surface area contributed by atoms with Gasteiger partial charge in [-0.2, -0.15) is 0 Å². The maximum Gasteiger partial charge on any atom is 0.306 e. The summed E-state index contributed by atoms with van der Waals surface area (Å²) in [6.45, 7) is 1.65. The molecule has 0 aliphatic carbocycles. The second-order valence-corrected chi connectivity index (χ2v) is 5.64. The molecule has 1 heterocycles. The lowest BCUT2D eigenvalue weighted by molar-refractivity contribution is -0.147. The molecule has 110 valence electrons. The number of esters is 1. The predicted molar refractivity (Wildman–Crippen MR) is 83.4 cm³/mol. The van der Waals surface area contributed by atoms with Crippen LogP contribution in [0.15, 0.2) is 41.8 Å². The van der Waals surface area contributed by atoms with Gasteiger partial charge in [-0.3, -0.25) is 9.59 Å². The molecule has 21 heavy (non-hydrogen) atoms. The molecule has 2 aromatic rings. The third kappa shape index (κ3) is 5.04. The molecule has 0 spiro atoms. The van der Waals surface area contributed by atoms with Crippen LogP contribution in [0.5, 0.6) is 0 Å². The van der Waals surface area contributed by atoms with Crippen molar-refractivity contribution in [2.24, 2.45) is 0 Å². The highest BCUT2D eigenvalue weighted by Crippen LogP contribution is 2.13. The summed E-state index contributed by atoms with van der Waals surface area (Å²) in [6, 6.07) is 11.4. The number of aryl methyl sites for hydroxylation is 2. The number of amides is 1. The zero-order chi connectivity index (χ0) is 15.1. The van der Waals surface area contributed by atoms with Crippen LogP contribution in [0.4, 0.5) is 5.69 Å². The summed E-state index contributed by atoms with van der Waals surface area (Å²) in [5.74, 6) is -0.683. The fraction of sp³-hybridized carbons (Fsp3) is 0.250. The first-order chi connectivity index (χ1) is 10.1. The van der Waals surface area contributed by atoms with E-state index in [0.717, 1.165) is 16.1 Å². The lowest BCUT2D eigenvalue weighted by atomic mass is 10.2. The third-order valence-corrected chi connectivity index (χ3v) is 3.88. The molecule has 5 heteroatoms. The predicted octanol–water partition coefficient (Wildman–Crippen LogP) is 3.17. The first-order valence-electron chi connectivity index (χ1n) is 6.68. The molecular formula is C16H17NO3S. The van der Waals surface area contributed by atoms with E-state index < -0.39 is 0 Å². The van der Waals surface area contributed by atoms with Gasteiger partial charge in [0.1, 0.15) is 0 Å². The van der Waals surface area contributed by atoms with E-state index in [4.69, 9.17) is 4.74 Å². The Morgan fingerprint density at radius 2 is 2.00 bits per heavy atom. The summed E-state index contributed by atoms with van der Waals surface area (Å²) in [7, 11) is 0. The molecular weight excluding hydrogens is 286 g/mol. The molecule has 2 rings (SSSR count). The van der Waals surface area contributed by atoms with Crippen LogP contribution in [-0.4, -0.2) is 18.5 Å². The second-order valence-electron chi connectivity index (χ2n) is 4.60. The first kappa shape index (κ1) is 15.3. The van der Waals surface area contributed by atoms with Crippen LogP contribution in [0.1, 0.15) is 16.9 Å². The maximum atomic E-state index is 11.7. The lowest BCUT2D eigenvalue weighted by Crippen LogP contribution is -2.21. The fourth-order valence-corrected chi connectivity index (χ4v) is 2.51. The number of thiophene rings is 1. The van der Waals surface area contributed by atoms with Gasteiger partial charge in [-0.15, -0.1) is 11.3 Å². The first-order valence-corrected chi connectivity index (χ1v) is 7.56. The monoisotopic (exact) mass is 303 g/mol. The van der Waals surface area contributed by atoms with E-state index in [1.807, 2.05) is 48.7 Å². The Bertz CT molecular complexity index is 608. The van der Waals surface area contributed by atoms with Gasteiger partial charge in [-0.1, -0.05) is 24.3 Å². The zero-order valence-electron chi connectivity index (χ0n) is 11.8. The van der Waals surface area contributed by atoms with Crippen molar-refractivity contribution >= 4 is 28.9 Å². The van der Waals surface area contributed by atoms with Gasteiger partial charge in [0.05, 0.1) is 6.42 Å². The molecule has 0 aliphatic rings. The number of benzene rings is 1. The highest BCUT2D eigenvalue weighted by atomic mass is 32.1. The average molecular weight is 303 g/mol. The average Bonchev–Trinajstić information content (AvgIpc) is 2.99. The third-order valence-electron chi connectivity index (χ3n) is 2.94. The van der Waals surface area contributed by atoms with Gasteiger partial charge in [0.25, 0.3) is 5.91 Å². The van der Waals surface area contributed by atoms with Crippen molar-refractivity contribution < 1.29 is 14.3 Å². The highest BCUT2D eigenvalue weighted by molar-refractivity contribution is 7.09. The van der Waals surface area contributed by atoms with Crippen LogP contribution in [0.2, 0.25) is 0 Å². The van der Waals surface area contributed by atoms with Crippen molar-refractivity contribution in [2.75, 3.05) is 11.9 Å². The number of anilines is 1. The fourth-order valence-electron chi connectivity index (χ4n) is 1.80. The maximum absolute atomic E-state index is 11.7. The molecule has 0 radical (unpaired) electrons. The number of carbonyl (C=O) groups excluding carboxylic acids is 2. The van der Waals surface area contributed by atoms with Crippen LogP contribution in [0.3, 0.4) is 0 Å². The molecule has 4 nitrogen and oxygen atoms in total. The van der Waals surface area contributed by atoms with Crippen molar-refractivity contribution in [2.45, 2.75) is 19.8 Å². The summed E-state index contributed by atoms with van der Waals surface area (Å²) >= 11 is 1.61. The Kier molecular flexibility index (Phi) is 5.51. The minimum atomic E-state index is -0.358. The molecule has 0 aliphatic heterocycles. The largest absolute Gasteiger partial charge is 0.456 e. The summed E-state index contributed by atoms with van der Waals surface area (Å²) in [4.78, 5) is 24.4. The van der Waals surface area contributed by atoms with Crippen molar-refractivity contribution in [1.82, 2.24) is 0 Å². The quantitative estimate of drug-likeness (QED) is 0.834. The van der Waals surface area contributed by atoms with E-state index in [2.05, 4.69) is 5.32 Å². The molecule has 0 atom stereocenters. The Morgan fingerprint density at radius 3 is 2.71 bits per heavy atom. The van der Waals surface area contributed by atoms with E-state index in [9.17, 15) is 9.59 Å². The normalized spacial score (nSPS) is 10.1. The lowest BCUT2D eigenvalue weighted by Gasteiger charge is -2.08. The molecule has 0 unspecified atom stereocenters. The van der Waals surface area contributed by atoms with E-state index in [1.54, 1.807) is 11.3 Å². The van der Waals surface area contributed by atoms with Crippen LogP contribution >= 0.6 is 11.3 Å². The summed E-state index contributed by atoms with van der Waals surface area (Å²) in [5.41, 5.74) is 1.70. The van der Waals surface area contributed by atoms with Gasteiger partial charge in [0.2, 0.25) is 0 Å². The number of ether oxygens (including phenoxy) is 1. The zero-order valence-corrected chi connectivity index (χ0v) is 12.6. The Hall–Kier alpha value is -2.14. The number of hydrogen-bond acceptors (Lipinski definition) is 4. The molecule has 0 fully saturated rings. The number of nitrogens with one attached hydrogen (secondary N) is 1. The van der Waals surface area contributed by atoms with E-state index >= 15 is 0 Å². The molecule has 0 bridgehead atoms. The van der Waals surface area contributed by atoms with Crippen LogP contribution in [0.25, 0.3) is 0 Å². The summed E-state index contributed by atoms with van der Waals surface area (Å²) in [5, 5.41) is 4.69. The van der Waals surface area contributed by atoms with Crippen LogP contribution in [0, 0.1) is 6.92 Å². The van der Waals surface area contributed by atoms with Crippen molar-refractivity contribution in [3.05, 3.63) is 52.2 Å². The minimum Gasteiger partial charge on any atom is -0.456 e. The highest BCUT2D eigenvalue weighted by Gasteiger charge is 2.09. The van der Waals surface area contributed by atoms with Gasteiger partial charge in [0.15, 0.2) is 6.61 Å². The molecule has 1 aromatic heterocycles. The van der Waals surface area contributed by atoms with Gasteiger partial charge >= 0.3 is 5.97 Å². The van der Waals surface area contributed by atoms with E-state index in [1.165, 1.54) is 0 Å². The number of rotatable bonds is 6. The topological polar surface area (TPSA) is 55.4 Å². The van der Waals surface area contributed by atoms with Gasteiger partial charge in [-0.05, 0) is 36.4 Å². The number of hydrogen-bond donors (Lipinski definition) is 1. The van der Waals surface area contributed by atoms with Gasteiger partial charge in [-0.25, -0.2) is 0 Å². The van der Waals surface area contributed by atoms with Crippen molar-refractivity contribution in [1.29, 1.82) is 0 Å². The number of carbonyl (C=O) groups is 2. The molecule has 1 N–H and O–H groups in total. The molecule has 0 saturated heterocycles.